The second-order valence-electron chi connectivity index (χ2n) is 14.5. The number of hydrogen-bond acceptors (Lipinski definition) is 8. The molecule has 2 bridgehead atoms. The minimum Gasteiger partial charge on any atom is -0.497 e. The first kappa shape index (κ1) is 29.4. The molecular weight excluding hydrogens is 560 g/mol. The van der Waals surface area contributed by atoms with E-state index in [1.807, 2.05) is 43.3 Å². The molecule has 1 aromatic heterocycles. The molecule has 9 nitrogen and oxygen atoms in total. The molecule has 4 aliphatic carbocycles. The largest absolute Gasteiger partial charge is 0.497 e. The Bertz CT molecular complexity index is 1620. The first-order valence-corrected chi connectivity index (χ1v) is 15.5. The van der Waals surface area contributed by atoms with Crippen molar-refractivity contribution in [3.8, 4) is 16.9 Å². The summed E-state index contributed by atoms with van der Waals surface area (Å²) in [6.45, 7) is 12.2. The second kappa shape index (κ2) is 9.37. The Labute approximate surface area is 258 Å². The number of carbonyl (C=O) groups is 2. The van der Waals surface area contributed by atoms with E-state index in [-0.39, 0.29) is 35.3 Å². The molecule has 3 fully saturated rings. The molecule has 1 N–H and O–H groups in total. The van der Waals surface area contributed by atoms with Crippen LogP contribution in [0.4, 0.5) is 0 Å². The third kappa shape index (κ3) is 3.78. The zero-order valence-corrected chi connectivity index (χ0v) is 26.7. The predicted octanol–water partition coefficient (Wildman–Crippen LogP) is 4.89. The average Bonchev–Trinajstić information content (AvgIpc) is 3.23. The molecule has 1 saturated heterocycles. The quantitative estimate of drug-likeness (QED) is 0.390. The molecule has 8 atom stereocenters. The maximum absolute atomic E-state index is 14.9. The third-order valence-electron chi connectivity index (χ3n) is 11.4. The fourth-order valence-electron chi connectivity index (χ4n) is 9.12. The molecule has 0 unspecified atom stereocenters. The summed E-state index contributed by atoms with van der Waals surface area (Å²) in [7, 11) is 3.28. The fourth-order valence-corrected chi connectivity index (χ4v) is 9.12. The molecule has 2 saturated carbocycles. The number of rotatable bonds is 4. The highest BCUT2D eigenvalue weighted by atomic mass is 16.7. The highest BCUT2D eigenvalue weighted by molar-refractivity contribution is 5.97. The van der Waals surface area contributed by atoms with Crippen LogP contribution in [0.3, 0.4) is 0 Å². The van der Waals surface area contributed by atoms with Gasteiger partial charge in [-0.3, -0.25) is 9.48 Å². The van der Waals surface area contributed by atoms with Crippen molar-refractivity contribution in [2.45, 2.75) is 71.6 Å². The van der Waals surface area contributed by atoms with E-state index >= 15 is 0 Å². The topological polar surface area (TPSA) is 109 Å². The minimum atomic E-state index is -1.88. The highest BCUT2D eigenvalue weighted by Gasteiger charge is 2.77. The van der Waals surface area contributed by atoms with Gasteiger partial charge in [-0.25, -0.2) is 4.79 Å². The Morgan fingerprint density at radius 3 is 2.55 bits per heavy atom. The Balaban J connectivity index is 1.34. The summed E-state index contributed by atoms with van der Waals surface area (Å²) in [5.41, 5.74) is -0.211. The van der Waals surface area contributed by atoms with Crippen LogP contribution in [0.25, 0.3) is 11.1 Å². The lowest BCUT2D eigenvalue weighted by Gasteiger charge is -2.52. The maximum atomic E-state index is 14.9. The number of ether oxygens (including phenoxy) is 4. The minimum absolute atomic E-state index is 0.0154. The molecule has 2 aromatic rings. The number of allylic oxidation sites excluding steroid dienone is 1. The Kier molecular flexibility index (Phi) is 6.27. The maximum Gasteiger partial charge on any atom is 0.357 e. The number of aryl methyl sites for hydroxylation is 1. The number of aromatic nitrogens is 2. The van der Waals surface area contributed by atoms with Gasteiger partial charge in [0.15, 0.2) is 29.0 Å². The van der Waals surface area contributed by atoms with Crippen LogP contribution in [-0.2, 0) is 26.1 Å². The van der Waals surface area contributed by atoms with Gasteiger partial charge in [0.25, 0.3) is 0 Å². The Morgan fingerprint density at radius 1 is 1.16 bits per heavy atom. The SMILES string of the molecule is COc1ccc(-c2cnn(C)c2C(=O)O[C@H]2C(C)=C[C@]34C(=O)[C@@H](C=C5COC(C)(C)O[C@H]5[C@]23O)[C@H]2[C@@H](C[C@H]4C)C2(C)C)cc1. The predicted molar refractivity (Wildman–Crippen MR) is 162 cm³/mol. The van der Waals surface area contributed by atoms with Crippen molar-refractivity contribution in [2.75, 3.05) is 13.7 Å². The van der Waals surface area contributed by atoms with Gasteiger partial charge >= 0.3 is 5.97 Å². The monoisotopic (exact) mass is 602 g/mol. The molecule has 1 aromatic carbocycles. The lowest BCUT2D eigenvalue weighted by Crippen LogP contribution is -2.68. The average molecular weight is 603 g/mol. The lowest BCUT2D eigenvalue weighted by atomic mass is 9.59. The van der Waals surface area contributed by atoms with E-state index in [2.05, 4.69) is 25.9 Å². The number of ketones is 1. The van der Waals surface area contributed by atoms with Gasteiger partial charge in [-0.2, -0.15) is 5.10 Å². The van der Waals surface area contributed by atoms with Crippen molar-refractivity contribution < 1.29 is 33.6 Å². The van der Waals surface area contributed by atoms with E-state index in [0.29, 0.717) is 22.8 Å². The van der Waals surface area contributed by atoms with Gasteiger partial charge in [0.05, 0.1) is 25.3 Å². The van der Waals surface area contributed by atoms with Crippen molar-refractivity contribution in [1.82, 2.24) is 9.78 Å². The number of aliphatic hydroxyl groups is 1. The molecule has 5 aliphatic rings. The Hall–Kier alpha value is -3.27. The Morgan fingerprint density at radius 2 is 1.86 bits per heavy atom. The standard InChI is InChI=1S/C35H42N2O7/c1-18-15-34-19(2)13-25-26(32(25,3)4)23(28(34)38)14-21-17-42-33(5,6)44-30(21)35(34,40)29(18)43-31(39)27-24(16-36-37(27)7)20-9-11-22(41-8)12-10-20/h9-12,14-16,19,23,25-26,29-30,40H,13,17H2,1-8H3/t19-,23+,25-,26+,29+,30-,34+,35-/m1/s1. The van der Waals surface area contributed by atoms with Gasteiger partial charge in [0.1, 0.15) is 11.9 Å². The molecule has 1 spiro atoms. The number of benzene rings is 1. The van der Waals surface area contributed by atoms with Crippen LogP contribution in [0.5, 0.6) is 5.75 Å². The van der Waals surface area contributed by atoms with Crippen LogP contribution in [-0.4, -0.2) is 64.0 Å². The summed E-state index contributed by atoms with van der Waals surface area (Å²) in [5, 5.41) is 17.7. The van der Waals surface area contributed by atoms with E-state index < -0.39 is 40.9 Å². The highest BCUT2D eigenvalue weighted by Crippen LogP contribution is 2.72. The smallest absolute Gasteiger partial charge is 0.357 e. The number of methoxy groups -OCH3 is 1. The zero-order valence-electron chi connectivity index (χ0n) is 26.7. The zero-order chi connectivity index (χ0) is 31.6. The van der Waals surface area contributed by atoms with Crippen molar-refractivity contribution in [2.24, 2.45) is 41.5 Å². The molecular formula is C35H42N2O7. The molecule has 0 amide bonds. The van der Waals surface area contributed by atoms with Gasteiger partial charge < -0.3 is 24.1 Å². The molecule has 7 rings (SSSR count). The van der Waals surface area contributed by atoms with Crippen molar-refractivity contribution in [3.05, 3.63) is 59.5 Å². The first-order valence-electron chi connectivity index (χ1n) is 15.5. The van der Waals surface area contributed by atoms with E-state index in [1.165, 1.54) is 4.68 Å². The summed E-state index contributed by atoms with van der Waals surface area (Å²) >= 11 is 0. The van der Waals surface area contributed by atoms with Crippen molar-refractivity contribution >= 4 is 11.8 Å². The lowest BCUT2D eigenvalue weighted by molar-refractivity contribution is -0.302. The number of nitrogens with zero attached hydrogens (tertiary/aromatic N) is 2. The fraction of sp³-hybridized carbons (Fsp3) is 0.571. The van der Waals surface area contributed by atoms with Crippen LogP contribution in [0, 0.1) is 34.5 Å². The number of carbonyl (C=O) groups excluding carboxylic acids is 2. The number of hydrogen-bond donors (Lipinski definition) is 1. The first-order chi connectivity index (χ1) is 20.7. The molecule has 44 heavy (non-hydrogen) atoms. The van der Waals surface area contributed by atoms with Gasteiger partial charge in [0.2, 0.25) is 0 Å². The molecule has 234 valence electrons. The van der Waals surface area contributed by atoms with Crippen molar-refractivity contribution in [3.63, 3.8) is 0 Å². The molecule has 0 radical (unpaired) electrons. The molecule has 2 heterocycles. The number of Topliss-reactive ketones (excluding diaryl/α,β-unsaturated/α-hetero) is 1. The van der Waals surface area contributed by atoms with Crippen molar-refractivity contribution in [1.29, 1.82) is 0 Å². The van der Waals surface area contributed by atoms with Crippen LogP contribution in [0.15, 0.2) is 53.8 Å². The van der Waals surface area contributed by atoms with E-state index in [4.69, 9.17) is 18.9 Å². The molecule has 1 aliphatic heterocycles. The summed E-state index contributed by atoms with van der Waals surface area (Å²) in [4.78, 5) is 29.1. The van der Waals surface area contributed by atoms with Gasteiger partial charge in [0, 0.05) is 18.5 Å². The summed E-state index contributed by atoms with van der Waals surface area (Å²) in [6, 6.07) is 7.35. The summed E-state index contributed by atoms with van der Waals surface area (Å²) in [5.74, 6) is -1.08. The van der Waals surface area contributed by atoms with Crippen LogP contribution in [0.1, 0.15) is 58.5 Å². The van der Waals surface area contributed by atoms with Gasteiger partial charge in [-0.1, -0.05) is 45.1 Å². The van der Waals surface area contributed by atoms with Crippen LogP contribution >= 0.6 is 0 Å². The van der Waals surface area contributed by atoms with Crippen LogP contribution in [0.2, 0.25) is 0 Å². The van der Waals surface area contributed by atoms with E-state index in [1.54, 1.807) is 34.2 Å². The van der Waals surface area contributed by atoms with Gasteiger partial charge in [-0.15, -0.1) is 0 Å². The molecule has 9 heteroatoms. The van der Waals surface area contributed by atoms with Gasteiger partial charge in [-0.05, 0) is 79.2 Å². The second-order valence-corrected chi connectivity index (χ2v) is 14.5. The number of fused-ring (bicyclic) bond motifs is 5. The summed E-state index contributed by atoms with van der Waals surface area (Å²) in [6.07, 6.45) is 4.27. The third-order valence-corrected chi connectivity index (χ3v) is 11.4. The number of esters is 1. The van der Waals surface area contributed by atoms with Crippen LogP contribution < -0.4 is 4.74 Å². The normalized spacial score (nSPS) is 37.8. The van der Waals surface area contributed by atoms with E-state index in [0.717, 1.165) is 17.6 Å². The summed E-state index contributed by atoms with van der Waals surface area (Å²) < 4.78 is 25.8. The van der Waals surface area contributed by atoms with E-state index in [9.17, 15) is 14.7 Å².